The third kappa shape index (κ3) is 5.96. The Kier molecular flexibility index (Phi) is 8.41. The Balaban J connectivity index is 1.49. The maximum atomic E-state index is 12.0. The van der Waals surface area contributed by atoms with E-state index in [-0.39, 0.29) is 6.61 Å². The predicted octanol–water partition coefficient (Wildman–Crippen LogP) is 6.29. The van der Waals surface area contributed by atoms with E-state index >= 15 is 0 Å². The van der Waals surface area contributed by atoms with Crippen LogP contribution in [0.3, 0.4) is 0 Å². The first kappa shape index (κ1) is 25.5. The number of imidazole rings is 1. The van der Waals surface area contributed by atoms with Crippen molar-refractivity contribution in [1.82, 2.24) is 9.55 Å². The van der Waals surface area contributed by atoms with Gasteiger partial charge in [0.15, 0.2) is 5.15 Å². The van der Waals surface area contributed by atoms with Crippen molar-refractivity contribution in [2.75, 3.05) is 0 Å². The van der Waals surface area contributed by atoms with Crippen molar-refractivity contribution in [2.24, 2.45) is 0 Å². The molecule has 2 N–H and O–H groups in total. The molecule has 0 saturated heterocycles. The van der Waals surface area contributed by atoms with Gasteiger partial charge < -0.3 is 19.5 Å². The summed E-state index contributed by atoms with van der Waals surface area (Å²) in [5.41, 5.74) is 4.19. The van der Waals surface area contributed by atoms with Crippen LogP contribution in [0.25, 0.3) is 11.1 Å². The highest BCUT2D eigenvalue weighted by Gasteiger charge is 2.22. The molecule has 0 aliphatic rings. The summed E-state index contributed by atoms with van der Waals surface area (Å²) >= 11 is 6.24. The molecule has 0 fully saturated rings. The number of benzene rings is 3. The first-order valence-electron chi connectivity index (χ1n) is 12.0. The highest BCUT2D eigenvalue weighted by molar-refractivity contribution is 6.30. The Labute approximate surface area is 215 Å². The maximum absolute atomic E-state index is 12.0. The third-order valence-electron chi connectivity index (χ3n) is 6.07. The van der Waals surface area contributed by atoms with Gasteiger partial charge in [0.1, 0.15) is 11.6 Å². The predicted molar refractivity (Wildman–Crippen MR) is 140 cm³/mol. The van der Waals surface area contributed by atoms with Gasteiger partial charge in [-0.15, -0.1) is 0 Å². The fourth-order valence-electron chi connectivity index (χ4n) is 4.10. The molecule has 1 unspecified atom stereocenters. The molecule has 6 nitrogen and oxygen atoms in total. The molecule has 0 aliphatic heterocycles. The van der Waals surface area contributed by atoms with Gasteiger partial charge in [-0.3, -0.25) is 0 Å². The minimum absolute atomic E-state index is 0.192. The second kappa shape index (κ2) is 11.9. The summed E-state index contributed by atoms with van der Waals surface area (Å²) in [6.07, 6.45) is 1.66. The number of halogens is 1. The monoisotopic (exact) mass is 504 g/mol. The number of aliphatic hydroxyl groups is 1. The van der Waals surface area contributed by atoms with Gasteiger partial charge in [-0.2, -0.15) is 0 Å². The summed E-state index contributed by atoms with van der Waals surface area (Å²) in [5.74, 6) is 0.236. The van der Waals surface area contributed by atoms with Gasteiger partial charge >= 0.3 is 5.97 Å². The van der Waals surface area contributed by atoms with E-state index in [4.69, 9.17) is 16.3 Å². The van der Waals surface area contributed by atoms with Crippen LogP contribution < -0.4 is 4.74 Å². The molecule has 4 rings (SSSR count). The number of aryl methyl sites for hydroxylation is 1. The average Bonchev–Trinajstić information content (AvgIpc) is 3.20. The summed E-state index contributed by atoms with van der Waals surface area (Å²) < 4.78 is 7.81. The van der Waals surface area contributed by atoms with E-state index < -0.39 is 12.1 Å². The van der Waals surface area contributed by atoms with Crippen LogP contribution in [-0.2, 0) is 24.4 Å². The van der Waals surface area contributed by atoms with E-state index in [9.17, 15) is 15.0 Å². The Morgan fingerprint density at radius 3 is 2.28 bits per heavy atom. The molecule has 0 aliphatic carbocycles. The number of aliphatic carboxylic acids is 1. The van der Waals surface area contributed by atoms with E-state index in [0.717, 1.165) is 41.8 Å². The third-order valence-corrected chi connectivity index (χ3v) is 6.37. The largest absolute Gasteiger partial charge is 0.478 e. The number of aliphatic hydroxyl groups excluding tert-OH is 1. The lowest BCUT2D eigenvalue weighted by Crippen LogP contribution is -2.18. The minimum Gasteiger partial charge on any atom is -0.478 e. The molecule has 36 heavy (non-hydrogen) atoms. The fraction of sp³-hybridized carbons (Fsp3) is 0.241. The molecule has 1 aromatic heterocycles. The van der Waals surface area contributed by atoms with Crippen molar-refractivity contribution in [1.29, 1.82) is 0 Å². The SMILES string of the molecule is CCCCc1nc(Cl)c(CO)n1Cc1ccc(OC(C(=O)O)c2ccc(-c3ccccc3)cc2)cc1. The van der Waals surface area contributed by atoms with Gasteiger partial charge in [-0.1, -0.05) is 91.7 Å². The van der Waals surface area contributed by atoms with Crippen molar-refractivity contribution in [3.63, 3.8) is 0 Å². The standard InChI is InChI=1S/C29H29ClN2O4/c1-2-3-9-26-31-28(30)25(19-33)32(26)18-20-10-16-24(17-11-20)36-27(29(34)35)23-14-12-22(13-15-23)21-7-5-4-6-8-21/h4-8,10-17,27,33H,2-3,9,18-19H2,1H3,(H,34,35). The normalized spacial score (nSPS) is 11.9. The van der Waals surface area contributed by atoms with E-state index in [1.807, 2.05) is 59.2 Å². The quantitative estimate of drug-likeness (QED) is 0.251. The molecule has 186 valence electrons. The molecular weight excluding hydrogens is 476 g/mol. The summed E-state index contributed by atoms with van der Waals surface area (Å²) in [6, 6.07) is 24.6. The summed E-state index contributed by atoms with van der Waals surface area (Å²) in [6.45, 7) is 2.42. The molecule has 0 radical (unpaired) electrons. The lowest BCUT2D eigenvalue weighted by molar-refractivity contribution is -0.145. The van der Waals surface area contributed by atoms with Gasteiger partial charge in [0, 0.05) is 18.5 Å². The molecule has 1 heterocycles. The van der Waals surface area contributed by atoms with E-state index in [2.05, 4.69) is 11.9 Å². The molecule has 4 aromatic rings. The van der Waals surface area contributed by atoms with E-state index in [1.165, 1.54) is 0 Å². The number of unbranched alkanes of at least 4 members (excludes halogenated alkanes) is 1. The van der Waals surface area contributed by atoms with E-state index in [1.54, 1.807) is 24.3 Å². The Morgan fingerprint density at radius 1 is 1.00 bits per heavy atom. The fourth-order valence-corrected chi connectivity index (χ4v) is 4.36. The molecular formula is C29H29ClN2O4. The Morgan fingerprint density at radius 2 is 1.67 bits per heavy atom. The molecule has 0 spiro atoms. The average molecular weight is 505 g/mol. The number of hydrogen-bond acceptors (Lipinski definition) is 4. The highest BCUT2D eigenvalue weighted by atomic mass is 35.5. The second-order valence-electron chi connectivity index (χ2n) is 8.58. The highest BCUT2D eigenvalue weighted by Crippen LogP contribution is 2.27. The van der Waals surface area contributed by atoms with Crippen molar-refractivity contribution in [3.8, 4) is 16.9 Å². The zero-order chi connectivity index (χ0) is 25.5. The van der Waals surface area contributed by atoms with Crippen LogP contribution in [0, 0.1) is 0 Å². The molecule has 0 amide bonds. The molecule has 0 saturated carbocycles. The van der Waals surface area contributed by atoms with Gasteiger partial charge in [-0.05, 0) is 35.2 Å². The lowest BCUT2D eigenvalue weighted by atomic mass is 10.0. The maximum Gasteiger partial charge on any atom is 0.349 e. The molecule has 3 aromatic carbocycles. The number of aromatic nitrogens is 2. The van der Waals surface area contributed by atoms with Crippen molar-refractivity contribution in [2.45, 2.75) is 45.4 Å². The first-order valence-corrected chi connectivity index (χ1v) is 12.4. The van der Waals surface area contributed by atoms with Gasteiger partial charge in [0.25, 0.3) is 0 Å². The first-order chi connectivity index (χ1) is 17.5. The number of hydrogen-bond donors (Lipinski definition) is 2. The number of rotatable bonds is 11. The van der Waals surface area contributed by atoms with Crippen LogP contribution in [0.4, 0.5) is 0 Å². The number of carboxylic acid groups (broad SMARTS) is 1. The van der Waals surface area contributed by atoms with Crippen molar-refractivity contribution in [3.05, 3.63) is 107 Å². The topological polar surface area (TPSA) is 84.6 Å². The zero-order valence-corrected chi connectivity index (χ0v) is 20.9. The number of carboxylic acids is 1. The summed E-state index contributed by atoms with van der Waals surface area (Å²) in [5, 5.41) is 19.9. The number of nitrogens with zero attached hydrogens (tertiary/aromatic N) is 2. The molecule has 1 atom stereocenters. The minimum atomic E-state index is -1.13. The smallest absolute Gasteiger partial charge is 0.349 e. The summed E-state index contributed by atoms with van der Waals surface area (Å²) in [4.78, 5) is 16.4. The van der Waals surface area contributed by atoms with Gasteiger partial charge in [0.2, 0.25) is 6.10 Å². The molecule has 7 heteroatoms. The number of ether oxygens (including phenoxy) is 1. The lowest BCUT2D eigenvalue weighted by Gasteiger charge is -2.17. The van der Waals surface area contributed by atoms with Crippen LogP contribution in [0.1, 0.15) is 48.5 Å². The van der Waals surface area contributed by atoms with Crippen LogP contribution in [-0.4, -0.2) is 25.7 Å². The van der Waals surface area contributed by atoms with Crippen LogP contribution in [0.15, 0.2) is 78.9 Å². The van der Waals surface area contributed by atoms with Crippen molar-refractivity contribution >= 4 is 17.6 Å². The Bertz CT molecular complexity index is 1290. The van der Waals surface area contributed by atoms with E-state index in [0.29, 0.717) is 28.7 Å². The second-order valence-corrected chi connectivity index (χ2v) is 8.94. The zero-order valence-electron chi connectivity index (χ0n) is 20.1. The van der Waals surface area contributed by atoms with Crippen LogP contribution in [0.5, 0.6) is 5.75 Å². The molecule has 0 bridgehead atoms. The van der Waals surface area contributed by atoms with Gasteiger partial charge in [0.05, 0.1) is 12.3 Å². The number of carbonyl (C=O) groups is 1. The van der Waals surface area contributed by atoms with Crippen LogP contribution in [0.2, 0.25) is 5.15 Å². The Hall–Kier alpha value is -3.61. The van der Waals surface area contributed by atoms with Gasteiger partial charge in [-0.25, -0.2) is 9.78 Å². The summed E-state index contributed by atoms with van der Waals surface area (Å²) in [7, 11) is 0. The van der Waals surface area contributed by atoms with Crippen molar-refractivity contribution < 1.29 is 19.7 Å². The van der Waals surface area contributed by atoms with Crippen LogP contribution >= 0.6 is 11.6 Å².